The lowest BCUT2D eigenvalue weighted by atomic mass is 10.1. The Kier molecular flexibility index (Phi) is 5.81. The van der Waals surface area contributed by atoms with Crippen LogP contribution in [0.5, 0.6) is 5.75 Å². The monoisotopic (exact) mass is 548 g/mol. The van der Waals surface area contributed by atoms with Gasteiger partial charge in [-0.05, 0) is 25.1 Å². The van der Waals surface area contributed by atoms with Crippen LogP contribution in [0.15, 0.2) is 61.2 Å². The highest BCUT2D eigenvalue weighted by molar-refractivity contribution is 5.83. The molecule has 0 aliphatic carbocycles. The molecule has 1 fully saturated rings. The summed E-state index contributed by atoms with van der Waals surface area (Å²) in [5, 5.41) is 11.7. The quantitative estimate of drug-likeness (QED) is 0.323. The van der Waals surface area contributed by atoms with E-state index >= 15 is 0 Å². The van der Waals surface area contributed by atoms with Crippen LogP contribution in [0.3, 0.4) is 0 Å². The van der Waals surface area contributed by atoms with Gasteiger partial charge in [0.25, 0.3) is 0 Å². The van der Waals surface area contributed by atoms with Gasteiger partial charge in [-0.1, -0.05) is 12.1 Å². The molecule has 0 amide bonds. The summed E-state index contributed by atoms with van der Waals surface area (Å²) >= 11 is 0. The maximum atomic E-state index is 12.9. The summed E-state index contributed by atoms with van der Waals surface area (Å²) in [4.78, 5) is 13.2. The van der Waals surface area contributed by atoms with Gasteiger partial charge in [-0.25, -0.2) is 9.97 Å². The number of anilines is 2. The van der Waals surface area contributed by atoms with Gasteiger partial charge in [-0.15, -0.1) is 0 Å². The molecule has 3 aromatic heterocycles. The fraction of sp³-hybridized carbons (Fsp3) is 0.321. The number of hydrogen-bond acceptors (Lipinski definition) is 7. The minimum absolute atomic E-state index is 0.108. The van der Waals surface area contributed by atoms with Crippen molar-refractivity contribution >= 4 is 27.9 Å². The molecule has 9 nitrogen and oxygen atoms in total. The van der Waals surface area contributed by atoms with Crippen LogP contribution in [0.1, 0.15) is 18.7 Å². The summed E-state index contributed by atoms with van der Waals surface area (Å²) in [6, 6.07) is 11.7. The summed E-state index contributed by atoms with van der Waals surface area (Å²) in [5.41, 5.74) is 6.05. The van der Waals surface area contributed by atoms with E-state index in [1.165, 1.54) is 4.90 Å². The molecule has 2 aromatic carbocycles. The zero-order valence-corrected chi connectivity index (χ0v) is 21.7. The molecule has 0 unspecified atom stereocenters. The summed E-state index contributed by atoms with van der Waals surface area (Å²) in [7, 11) is 0. The summed E-state index contributed by atoms with van der Waals surface area (Å²) < 4.78 is 46.7. The second-order valence-electron chi connectivity index (χ2n) is 10.4. The smallest absolute Gasteiger partial charge is 0.401 e. The van der Waals surface area contributed by atoms with Crippen LogP contribution in [0, 0.1) is 0 Å². The number of H-pyrrole nitrogens is 1. The van der Waals surface area contributed by atoms with Crippen molar-refractivity contribution in [3.8, 4) is 17.0 Å². The molecule has 7 rings (SSSR count). The van der Waals surface area contributed by atoms with Crippen molar-refractivity contribution in [3.63, 3.8) is 0 Å². The molecule has 1 saturated heterocycles. The standard InChI is InChI=1S/C28H27F3N8O/c1-17(26-27-32-6-7-38(27)14-23(35-26)18-2-3-19-12-33-36-22(19)10-18)34-20-4-5-24-25(11-20)40-15-21-13-37(8-9-39(21)24)16-28(29,30)31/h2-7,10-12,14,17,21,34H,8-9,13,15-16H2,1H3,(H,33,36)/t17-,21+/m0/s1. The fourth-order valence-corrected chi connectivity index (χ4v) is 5.72. The molecule has 2 aliphatic heterocycles. The summed E-state index contributed by atoms with van der Waals surface area (Å²) in [6.07, 6.45) is 3.22. The summed E-state index contributed by atoms with van der Waals surface area (Å²) in [6.45, 7) is 2.71. The Morgan fingerprint density at radius 2 is 2.08 bits per heavy atom. The molecule has 0 radical (unpaired) electrons. The Morgan fingerprint density at radius 1 is 1.18 bits per heavy atom. The first kappa shape index (κ1) is 24.7. The number of rotatable bonds is 5. The van der Waals surface area contributed by atoms with E-state index in [1.54, 1.807) is 12.4 Å². The number of fused-ring (bicyclic) bond motifs is 5. The van der Waals surface area contributed by atoms with Gasteiger partial charge in [-0.2, -0.15) is 18.3 Å². The highest BCUT2D eigenvalue weighted by Gasteiger charge is 2.37. The maximum Gasteiger partial charge on any atom is 0.401 e. The average Bonchev–Trinajstić information content (AvgIpc) is 3.60. The maximum absolute atomic E-state index is 12.9. The predicted octanol–water partition coefficient (Wildman–Crippen LogP) is 4.89. The van der Waals surface area contributed by atoms with E-state index in [0.29, 0.717) is 26.2 Å². The Balaban J connectivity index is 1.12. The lowest BCUT2D eigenvalue weighted by molar-refractivity contribution is -0.147. The molecule has 0 spiro atoms. The third-order valence-electron chi connectivity index (χ3n) is 7.60. The van der Waals surface area contributed by atoms with Gasteiger partial charge < -0.3 is 19.4 Å². The molecule has 2 N–H and O–H groups in total. The number of piperazine rings is 1. The minimum Gasteiger partial charge on any atom is -0.489 e. The molecular weight excluding hydrogens is 521 g/mol. The number of ether oxygens (including phenoxy) is 1. The second kappa shape index (κ2) is 9.40. The fourth-order valence-electron chi connectivity index (χ4n) is 5.72. The van der Waals surface area contributed by atoms with Gasteiger partial charge in [0.1, 0.15) is 18.1 Å². The van der Waals surface area contributed by atoms with Crippen LogP contribution < -0.4 is 15.0 Å². The normalized spacial score (nSPS) is 18.4. The highest BCUT2D eigenvalue weighted by Crippen LogP contribution is 2.38. The Bertz CT molecular complexity index is 1700. The SMILES string of the molecule is C[C@H](Nc1ccc2c(c1)OC[C@H]1CN(CC(F)(F)F)CCN21)c1nc(-c2ccc3cn[nH]c3c2)cn2ccnc12. The van der Waals surface area contributed by atoms with E-state index < -0.39 is 12.7 Å². The van der Waals surface area contributed by atoms with E-state index in [1.807, 2.05) is 60.1 Å². The molecule has 0 saturated carbocycles. The van der Waals surface area contributed by atoms with Crippen LogP contribution in [0.25, 0.3) is 27.8 Å². The van der Waals surface area contributed by atoms with E-state index in [4.69, 9.17) is 9.72 Å². The van der Waals surface area contributed by atoms with Gasteiger partial charge in [0.15, 0.2) is 5.65 Å². The highest BCUT2D eigenvalue weighted by atomic mass is 19.4. The van der Waals surface area contributed by atoms with E-state index in [0.717, 1.165) is 50.6 Å². The second-order valence-corrected chi connectivity index (χ2v) is 10.4. The molecule has 40 heavy (non-hydrogen) atoms. The first-order chi connectivity index (χ1) is 19.3. The molecule has 12 heteroatoms. The number of aromatic nitrogens is 5. The zero-order chi connectivity index (χ0) is 27.4. The first-order valence-corrected chi connectivity index (χ1v) is 13.2. The number of aromatic amines is 1. The molecule has 5 heterocycles. The third-order valence-corrected chi connectivity index (χ3v) is 7.60. The average molecular weight is 549 g/mol. The van der Waals surface area contributed by atoms with Crippen LogP contribution in [0.4, 0.5) is 24.5 Å². The zero-order valence-electron chi connectivity index (χ0n) is 21.7. The van der Waals surface area contributed by atoms with Crippen molar-refractivity contribution in [3.05, 3.63) is 66.9 Å². The molecule has 2 atom stereocenters. The largest absolute Gasteiger partial charge is 0.489 e. The minimum atomic E-state index is -4.20. The van der Waals surface area contributed by atoms with Crippen molar-refractivity contribution in [2.24, 2.45) is 0 Å². The predicted molar refractivity (Wildman–Crippen MR) is 146 cm³/mol. The van der Waals surface area contributed by atoms with Crippen molar-refractivity contribution < 1.29 is 17.9 Å². The van der Waals surface area contributed by atoms with E-state index in [2.05, 4.69) is 25.4 Å². The van der Waals surface area contributed by atoms with Crippen LogP contribution in [-0.4, -0.2) is 74.5 Å². The lowest BCUT2D eigenvalue weighted by Crippen LogP contribution is -2.58. The Labute approximate surface area is 227 Å². The Morgan fingerprint density at radius 3 is 2.95 bits per heavy atom. The Hall–Kier alpha value is -4.32. The van der Waals surface area contributed by atoms with Crippen LogP contribution in [-0.2, 0) is 0 Å². The lowest BCUT2D eigenvalue weighted by Gasteiger charge is -2.45. The van der Waals surface area contributed by atoms with Crippen molar-refractivity contribution in [1.82, 2.24) is 29.5 Å². The number of imidazole rings is 1. The molecule has 2 aliphatic rings. The number of hydrogen-bond donors (Lipinski definition) is 2. The van der Waals surface area contributed by atoms with Crippen molar-refractivity contribution in [2.75, 3.05) is 43.0 Å². The van der Waals surface area contributed by atoms with Crippen molar-refractivity contribution in [2.45, 2.75) is 25.2 Å². The van der Waals surface area contributed by atoms with E-state index in [-0.39, 0.29) is 12.1 Å². The molecule has 0 bridgehead atoms. The number of nitrogens with zero attached hydrogens (tertiary/aromatic N) is 6. The van der Waals surface area contributed by atoms with Crippen LogP contribution in [0.2, 0.25) is 0 Å². The molecule has 5 aromatic rings. The number of benzene rings is 2. The van der Waals surface area contributed by atoms with E-state index in [9.17, 15) is 13.2 Å². The van der Waals surface area contributed by atoms with Gasteiger partial charge in [0.2, 0.25) is 0 Å². The third kappa shape index (κ3) is 4.57. The van der Waals surface area contributed by atoms with Gasteiger partial charge in [-0.3, -0.25) is 10.00 Å². The number of alkyl halides is 3. The molecule has 206 valence electrons. The number of halogens is 3. The number of nitrogens with one attached hydrogen (secondary N) is 2. The summed E-state index contributed by atoms with van der Waals surface area (Å²) in [5.74, 6) is 0.721. The van der Waals surface area contributed by atoms with Gasteiger partial charge in [0.05, 0.1) is 41.7 Å². The molecular formula is C28H27F3N8O. The van der Waals surface area contributed by atoms with Crippen molar-refractivity contribution in [1.29, 1.82) is 0 Å². The topological polar surface area (TPSA) is 86.6 Å². The van der Waals surface area contributed by atoms with Gasteiger partial charge in [0, 0.05) is 60.9 Å². The first-order valence-electron chi connectivity index (χ1n) is 13.2. The van der Waals surface area contributed by atoms with Gasteiger partial charge >= 0.3 is 6.18 Å². The van der Waals surface area contributed by atoms with Crippen LogP contribution >= 0.6 is 0 Å².